The largest absolute Gasteiger partial charge is 0.497 e. The summed E-state index contributed by atoms with van der Waals surface area (Å²) in [5.41, 5.74) is 4.74. The quantitative estimate of drug-likeness (QED) is 0.312. The summed E-state index contributed by atoms with van der Waals surface area (Å²) < 4.78 is 5.29. The number of hydrogen-bond donors (Lipinski definition) is 1. The van der Waals surface area contributed by atoms with Crippen LogP contribution in [0.15, 0.2) is 109 Å². The van der Waals surface area contributed by atoms with E-state index in [1.54, 1.807) is 12.0 Å². The number of methoxy groups -OCH3 is 1. The van der Waals surface area contributed by atoms with Crippen LogP contribution in [0, 0.1) is 6.92 Å². The molecule has 0 saturated carbocycles. The van der Waals surface area contributed by atoms with Gasteiger partial charge in [0.25, 0.3) is 0 Å². The maximum atomic E-state index is 13.8. The molecule has 2 amide bonds. The molecular formula is C32H32N2O3. The summed E-state index contributed by atoms with van der Waals surface area (Å²) in [4.78, 5) is 29.2. The van der Waals surface area contributed by atoms with Crippen molar-refractivity contribution in [2.45, 2.75) is 32.5 Å². The number of nitrogens with zero attached hydrogens (tertiary/aromatic N) is 1. The fourth-order valence-electron chi connectivity index (χ4n) is 4.22. The number of hydrogen-bond acceptors (Lipinski definition) is 3. The van der Waals surface area contributed by atoms with E-state index < -0.39 is 6.04 Å². The predicted molar refractivity (Wildman–Crippen MR) is 146 cm³/mol. The molecule has 5 nitrogen and oxygen atoms in total. The third-order valence-corrected chi connectivity index (χ3v) is 6.29. The molecule has 0 aliphatic carbocycles. The van der Waals surface area contributed by atoms with Gasteiger partial charge in [0.1, 0.15) is 11.8 Å². The molecule has 4 rings (SSSR count). The fourth-order valence-corrected chi connectivity index (χ4v) is 4.22. The van der Waals surface area contributed by atoms with Gasteiger partial charge in [0, 0.05) is 13.1 Å². The number of aryl methyl sites for hydroxylation is 1. The zero-order valence-corrected chi connectivity index (χ0v) is 21.3. The molecule has 0 unspecified atom stereocenters. The van der Waals surface area contributed by atoms with Gasteiger partial charge in [-0.25, -0.2) is 0 Å². The van der Waals surface area contributed by atoms with Crippen molar-refractivity contribution in [1.29, 1.82) is 0 Å². The molecule has 0 aliphatic heterocycles. The molecule has 0 bridgehead atoms. The van der Waals surface area contributed by atoms with Crippen LogP contribution in [0.1, 0.15) is 33.9 Å². The summed E-state index contributed by atoms with van der Waals surface area (Å²) in [7, 11) is 1.62. The van der Waals surface area contributed by atoms with Crippen molar-refractivity contribution in [3.05, 3.63) is 137 Å². The van der Waals surface area contributed by atoms with Crippen molar-refractivity contribution in [2.24, 2.45) is 0 Å². The minimum absolute atomic E-state index is 0.124. The van der Waals surface area contributed by atoms with E-state index in [1.165, 1.54) is 0 Å². The Hall–Kier alpha value is -4.38. The Balaban J connectivity index is 1.66. The lowest BCUT2D eigenvalue weighted by molar-refractivity contribution is -0.141. The molecule has 5 heteroatoms. The minimum atomic E-state index is -0.787. The average molecular weight is 493 g/mol. The Labute approximate surface area is 218 Å². The number of benzene rings is 4. The minimum Gasteiger partial charge on any atom is -0.497 e. The fraction of sp³-hybridized carbons (Fsp3) is 0.188. The van der Waals surface area contributed by atoms with Gasteiger partial charge in [-0.3, -0.25) is 9.59 Å². The number of rotatable bonds is 10. The predicted octanol–water partition coefficient (Wildman–Crippen LogP) is 5.63. The van der Waals surface area contributed by atoms with Crippen LogP contribution in [-0.2, 0) is 29.1 Å². The second kappa shape index (κ2) is 12.5. The van der Waals surface area contributed by atoms with Gasteiger partial charge in [-0.2, -0.15) is 0 Å². The lowest BCUT2D eigenvalue weighted by atomic mass is 10.0. The summed E-state index contributed by atoms with van der Waals surface area (Å²) >= 11 is 0. The zero-order valence-electron chi connectivity index (χ0n) is 21.3. The number of carbonyl (C=O) groups excluding carboxylic acids is 2. The SMILES string of the molecule is COc1ccc(CN(C(=O)Cc2ccccc2)[C@@H](C(=O)NCc2ccc(C)cc2)c2ccccc2)cc1. The maximum Gasteiger partial charge on any atom is 0.247 e. The summed E-state index contributed by atoms with van der Waals surface area (Å²) in [5.74, 6) is 0.393. The van der Waals surface area contributed by atoms with Gasteiger partial charge < -0.3 is 15.0 Å². The molecule has 37 heavy (non-hydrogen) atoms. The van der Waals surface area contributed by atoms with E-state index >= 15 is 0 Å². The topological polar surface area (TPSA) is 58.6 Å². The summed E-state index contributed by atoms with van der Waals surface area (Å²) in [6.07, 6.45) is 0.200. The molecule has 0 radical (unpaired) electrons. The standard InChI is InChI=1S/C32H32N2O3/c1-24-13-15-26(16-14-24)22-33-32(36)31(28-11-7-4-8-12-28)34(23-27-17-19-29(37-2)20-18-27)30(35)21-25-9-5-3-6-10-25/h3-20,31H,21-23H2,1-2H3,(H,33,36)/t31-/m1/s1. The van der Waals surface area contributed by atoms with Gasteiger partial charge in [0.05, 0.1) is 13.5 Å². The summed E-state index contributed by atoms with van der Waals surface area (Å²) in [5, 5.41) is 3.07. The smallest absolute Gasteiger partial charge is 0.247 e. The second-order valence-corrected chi connectivity index (χ2v) is 9.05. The Morgan fingerprint density at radius 2 is 1.35 bits per heavy atom. The van der Waals surface area contributed by atoms with Gasteiger partial charge in [-0.15, -0.1) is 0 Å². The van der Waals surface area contributed by atoms with Gasteiger partial charge in [0.15, 0.2) is 0 Å². The van der Waals surface area contributed by atoms with Crippen molar-refractivity contribution >= 4 is 11.8 Å². The highest BCUT2D eigenvalue weighted by Crippen LogP contribution is 2.26. The van der Waals surface area contributed by atoms with E-state index in [2.05, 4.69) is 5.32 Å². The van der Waals surface area contributed by atoms with Crippen LogP contribution in [0.5, 0.6) is 5.75 Å². The molecule has 1 N–H and O–H groups in total. The second-order valence-electron chi connectivity index (χ2n) is 9.05. The number of carbonyl (C=O) groups is 2. The van der Waals surface area contributed by atoms with Crippen molar-refractivity contribution in [3.8, 4) is 5.75 Å². The molecule has 188 valence electrons. The normalized spacial score (nSPS) is 11.4. The van der Waals surface area contributed by atoms with Gasteiger partial charge >= 0.3 is 0 Å². The van der Waals surface area contributed by atoms with Crippen LogP contribution in [0.25, 0.3) is 0 Å². The highest BCUT2D eigenvalue weighted by Gasteiger charge is 2.31. The van der Waals surface area contributed by atoms with E-state index in [4.69, 9.17) is 4.74 Å². The average Bonchev–Trinajstić information content (AvgIpc) is 2.94. The Morgan fingerprint density at radius 3 is 1.97 bits per heavy atom. The first-order chi connectivity index (χ1) is 18.0. The molecule has 4 aromatic rings. The first kappa shape index (κ1) is 25.7. The van der Waals surface area contributed by atoms with Crippen LogP contribution in [0.2, 0.25) is 0 Å². The lowest BCUT2D eigenvalue weighted by Crippen LogP contribution is -2.43. The first-order valence-electron chi connectivity index (χ1n) is 12.4. The van der Waals surface area contributed by atoms with Crippen LogP contribution >= 0.6 is 0 Å². The number of ether oxygens (including phenoxy) is 1. The highest BCUT2D eigenvalue weighted by molar-refractivity contribution is 5.89. The highest BCUT2D eigenvalue weighted by atomic mass is 16.5. The molecule has 0 heterocycles. The number of amides is 2. The lowest BCUT2D eigenvalue weighted by Gasteiger charge is -2.32. The Kier molecular flexibility index (Phi) is 8.71. The third kappa shape index (κ3) is 7.07. The van der Waals surface area contributed by atoms with Gasteiger partial charge in [-0.05, 0) is 41.3 Å². The first-order valence-corrected chi connectivity index (χ1v) is 12.4. The van der Waals surface area contributed by atoms with Gasteiger partial charge in [-0.1, -0.05) is 103 Å². The van der Waals surface area contributed by atoms with Crippen LogP contribution in [0.4, 0.5) is 0 Å². The summed E-state index contributed by atoms with van der Waals surface area (Å²) in [6, 6.07) is 33.9. The molecule has 0 aliphatic rings. The molecule has 4 aromatic carbocycles. The van der Waals surface area contributed by atoms with Crippen LogP contribution in [-0.4, -0.2) is 23.8 Å². The van der Waals surface area contributed by atoms with Gasteiger partial charge in [0.2, 0.25) is 11.8 Å². The summed E-state index contributed by atoms with van der Waals surface area (Å²) in [6.45, 7) is 2.70. The van der Waals surface area contributed by atoms with Crippen molar-refractivity contribution in [1.82, 2.24) is 10.2 Å². The molecule has 0 fully saturated rings. The monoisotopic (exact) mass is 492 g/mol. The molecule has 0 saturated heterocycles. The van der Waals surface area contributed by atoms with Crippen LogP contribution < -0.4 is 10.1 Å². The maximum absolute atomic E-state index is 13.8. The van der Waals surface area contributed by atoms with E-state index in [0.29, 0.717) is 6.54 Å². The molecule has 0 spiro atoms. The van der Waals surface area contributed by atoms with Crippen molar-refractivity contribution < 1.29 is 14.3 Å². The van der Waals surface area contributed by atoms with Crippen LogP contribution in [0.3, 0.4) is 0 Å². The van der Waals surface area contributed by atoms with E-state index in [1.807, 2.05) is 116 Å². The zero-order chi connectivity index (χ0) is 26.0. The van der Waals surface area contributed by atoms with E-state index in [-0.39, 0.29) is 24.8 Å². The molecule has 1 atom stereocenters. The van der Waals surface area contributed by atoms with Crippen molar-refractivity contribution in [2.75, 3.05) is 7.11 Å². The Morgan fingerprint density at radius 1 is 0.757 bits per heavy atom. The Bertz CT molecular complexity index is 1290. The number of nitrogens with one attached hydrogen (secondary N) is 1. The van der Waals surface area contributed by atoms with E-state index in [9.17, 15) is 9.59 Å². The van der Waals surface area contributed by atoms with E-state index in [0.717, 1.165) is 33.6 Å². The molecular weight excluding hydrogens is 460 g/mol. The van der Waals surface area contributed by atoms with Crippen molar-refractivity contribution in [3.63, 3.8) is 0 Å². The third-order valence-electron chi connectivity index (χ3n) is 6.29. The molecule has 0 aromatic heterocycles.